The van der Waals surface area contributed by atoms with Crippen LogP contribution in [0.25, 0.3) is 21.9 Å². The molecule has 154 valence electrons. The van der Waals surface area contributed by atoms with Crippen LogP contribution in [0, 0.1) is 11.7 Å². The Hall–Kier alpha value is -2.73. The number of halogens is 2. The first-order valence-corrected chi connectivity index (χ1v) is 10.7. The van der Waals surface area contributed by atoms with Crippen LogP contribution in [0.3, 0.4) is 0 Å². The van der Waals surface area contributed by atoms with Gasteiger partial charge in [-0.1, -0.05) is 11.6 Å². The third-order valence-electron chi connectivity index (χ3n) is 6.56. The van der Waals surface area contributed by atoms with Gasteiger partial charge in [0.05, 0.1) is 22.1 Å². The topological polar surface area (TPSA) is 63.6 Å². The Morgan fingerprint density at radius 3 is 2.77 bits per heavy atom. The molecule has 30 heavy (non-hydrogen) atoms. The fourth-order valence-electron chi connectivity index (χ4n) is 4.90. The molecule has 1 saturated carbocycles. The van der Waals surface area contributed by atoms with E-state index in [1.54, 1.807) is 22.9 Å². The van der Waals surface area contributed by atoms with E-state index in [2.05, 4.69) is 22.0 Å². The number of benzene rings is 1. The van der Waals surface area contributed by atoms with Crippen LogP contribution in [0.2, 0.25) is 5.02 Å². The van der Waals surface area contributed by atoms with Gasteiger partial charge in [0.25, 0.3) is 5.56 Å². The molecule has 0 unspecified atom stereocenters. The molecule has 0 saturated heterocycles. The van der Waals surface area contributed by atoms with Gasteiger partial charge in [-0.3, -0.25) is 14.9 Å². The highest BCUT2D eigenvalue weighted by atomic mass is 35.5. The molecular formula is C23H22ClFN4O. The van der Waals surface area contributed by atoms with E-state index in [1.165, 1.54) is 17.8 Å². The number of fused-ring (bicyclic) bond motifs is 2. The number of pyridine rings is 2. The van der Waals surface area contributed by atoms with Crippen LogP contribution >= 0.6 is 11.6 Å². The van der Waals surface area contributed by atoms with Crippen molar-refractivity contribution in [1.29, 1.82) is 0 Å². The molecule has 1 aromatic carbocycles. The molecule has 3 heterocycles. The van der Waals surface area contributed by atoms with Gasteiger partial charge >= 0.3 is 0 Å². The summed E-state index contributed by atoms with van der Waals surface area (Å²) in [4.78, 5) is 21.3. The van der Waals surface area contributed by atoms with Crippen LogP contribution in [0.1, 0.15) is 50.1 Å². The number of rotatable bonds is 3. The Balaban J connectivity index is 1.37. The second-order valence-electron chi connectivity index (χ2n) is 8.25. The van der Waals surface area contributed by atoms with E-state index >= 15 is 0 Å². The van der Waals surface area contributed by atoms with Gasteiger partial charge in [-0.15, -0.1) is 0 Å². The number of H-pyrrole nitrogens is 1. The molecule has 0 bridgehead atoms. The van der Waals surface area contributed by atoms with E-state index < -0.39 is 0 Å². The van der Waals surface area contributed by atoms with Crippen molar-refractivity contribution in [3.63, 3.8) is 0 Å². The molecule has 0 aliphatic heterocycles. The zero-order valence-corrected chi connectivity index (χ0v) is 17.4. The highest BCUT2D eigenvalue weighted by Crippen LogP contribution is 2.41. The standard InChI is InChI=1S/C23H22ClFN4O/c1-13(29-23(30)22-21(28-29)10-16(24)12-27-22)14-2-4-15(5-3-14)18-8-9-26-20-7-6-17(25)11-19(18)20/h6-15,28H,2-5H2,1H3/t13-,14?,15?/m1/s1. The molecule has 1 N–H and O–H groups in total. The maximum atomic E-state index is 13.8. The summed E-state index contributed by atoms with van der Waals surface area (Å²) in [6, 6.07) is 8.59. The van der Waals surface area contributed by atoms with Crippen molar-refractivity contribution in [3.8, 4) is 0 Å². The zero-order valence-electron chi connectivity index (χ0n) is 16.6. The third kappa shape index (κ3) is 3.29. The Bertz CT molecular complexity index is 1290. The van der Waals surface area contributed by atoms with Crippen LogP contribution in [-0.2, 0) is 0 Å². The van der Waals surface area contributed by atoms with Crippen molar-refractivity contribution in [2.75, 3.05) is 0 Å². The molecule has 3 aromatic heterocycles. The molecule has 1 fully saturated rings. The lowest BCUT2D eigenvalue weighted by Crippen LogP contribution is -2.28. The Morgan fingerprint density at radius 1 is 1.17 bits per heavy atom. The van der Waals surface area contributed by atoms with Gasteiger partial charge in [0.2, 0.25) is 0 Å². The molecule has 7 heteroatoms. The highest BCUT2D eigenvalue weighted by Gasteiger charge is 2.29. The van der Waals surface area contributed by atoms with Crippen molar-refractivity contribution in [2.45, 2.75) is 44.6 Å². The van der Waals surface area contributed by atoms with Crippen LogP contribution < -0.4 is 5.56 Å². The maximum Gasteiger partial charge on any atom is 0.293 e. The predicted octanol–water partition coefficient (Wildman–Crippen LogP) is 5.60. The summed E-state index contributed by atoms with van der Waals surface area (Å²) in [5, 5.41) is 4.59. The van der Waals surface area contributed by atoms with E-state index in [-0.39, 0.29) is 17.4 Å². The second kappa shape index (κ2) is 7.51. The molecule has 0 radical (unpaired) electrons. The molecule has 4 aromatic rings. The first-order chi connectivity index (χ1) is 14.5. The fourth-order valence-corrected chi connectivity index (χ4v) is 5.05. The average Bonchev–Trinajstić information content (AvgIpc) is 3.08. The predicted molar refractivity (Wildman–Crippen MR) is 116 cm³/mol. The lowest BCUT2D eigenvalue weighted by atomic mass is 9.75. The van der Waals surface area contributed by atoms with Crippen molar-refractivity contribution in [2.24, 2.45) is 5.92 Å². The molecule has 1 aliphatic carbocycles. The maximum absolute atomic E-state index is 13.8. The lowest BCUT2D eigenvalue weighted by Gasteiger charge is -2.33. The van der Waals surface area contributed by atoms with Crippen molar-refractivity contribution in [3.05, 3.63) is 69.5 Å². The van der Waals surface area contributed by atoms with Gasteiger partial charge in [-0.05, 0) is 80.3 Å². The number of hydrogen-bond donors (Lipinski definition) is 1. The van der Waals surface area contributed by atoms with Gasteiger partial charge in [-0.2, -0.15) is 0 Å². The van der Waals surface area contributed by atoms with Crippen LogP contribution in [0.4, 0.5) is 4.39 Å². The third-order valence-corrected chi connectivity index (χ3v) is 6.76. The second-order valence-corrected chi connectivity index (χ2v) is 8.69. The smallest absolute Gasteiger partial charge is 0.293 e. The largest absolute Gasteiger partial charge is 0.293 e. The molecule has 1 atom stereocenters. The minimum absolute atomic E-state index is 0.0399. The van der Waals surface area contributed by atoms with E-state index in [1.807, 2.05) is 12.3 Å². The SMILES string of the molecule is C[C@H](C1CCC(c2ccnc3ccc(F)cc23)CC1)n1[nH]c2cc(Cl)cnc2c1=O. The highest BCUT2D eigenvalue weighted by molar-refractivity contribution is 6.31. The van der Waals surface area contributed by atoms with Gasteiger partial charge in [0, 0.05) is 17.8 Å². The summed E-state index contributed by atoms with van der Waals surface area (Å²) in [6.45, 7) is 2.08. The quantitative estimate of drug-likeness (QED) is 0.465. The minimum Gasteiger partial charge on any atom is -0.293 e. The number of aromatic nitrogens is 4. The molecule has 0 amide bonds. The molecular weight excluding hydrogens is 403 g/mol. The summed E-state index contributed by atoms with van der Waals surface area (Å²) < 4.78 is 15.5. The van der Waals surface area contributed by atoms with Gasteiger partial charge < -0.3 is 0 Å². The van der Waals surface area contributed by atoms with Gasteiger partial charge in [0.15, 0.2) is 5.52 Å². The van der Waals surface area contributed by atoms with E-state index in [4.69, 9.17) is 11.6 Å². The van der Waals surface area contributed by atoms with Crippen molar-refractivity contribution < 1.29 is 4.39 Å². The number of hydrogen-bond acceptors (Lipinski definition) is 3. The van der Waals surface area contributed by atoms with Crippen LogP contribution in [-0.4, -0.2) is 19.7 Å². The molecule has 1 aliphatic rings. The Labute approximate surface area is 177 Å². The first-order valence-electron chi connectivity index (χ1n) is 10.3. The van der Waals surface area contributed by atoms with Crippen molar-refractivity contribution in [1.82, 2.24) is 19.7 Å². The van der Waals surface area contributed by atoms with Crippen LogP contribution in [0.5, 0.6) is 0 Å². The zero-order chi connectivity index (χ0) is 20.8. The minimum atomic E-state index is -0.231. The summed E-state index contributed by atoms with van der Waals surface area (Å²) >= 11 is 6.01. The fraction of sp³-hybridized carbons (Fsp3) is 0.348. The Kier molecular flexibility index (Phi) is 4.82. The van der Waals surface area contributed by atoms with Crippen molar-refractivity contribution >= 4 is 33.5 Å². The van der Waals surface area contributed by atoms with E-state index in [0.29, 0.717) is 27.9 Å². The number of aromatic amines is 1. The van der Waals surface area contributed by atoms with E-state index in [9.17, 15) is 9.18 Å². The number of nitrogens with one attached hydrogen (secondary N) is 1. The normalized spacial score (nSPS) is 20.6. The van der Waals surface area contributed by atoms with E-state index in [0.717, 1.165) is 36.6 Å². The van der Waals surface area contributed by atoms with Gasteiger partial charge in [0.1, 0.15) is 5.82 Å². The summed E-state index contributed by atoms with van der Waals surface area (Å²) in [6.07, 6.45) is 7.32. The first kappa shape index (κ1) is 19.2. The molecule has 5 rings (SSSR count). The average molecular weight is 425 g/mol. The molecule has 5 nitrogen and oxygen atoms in total. The monoisotopic (exact) mass is 424 g/mol. The molecule has 0 spiro atoms. The lowest BCUT2D eigenvalue weighted by molar-refractivity contribution is 0.233. The Morgan fingerprint density at radius 2 is 1.97 bits per heavy atom. The number of nitrogens with zero attached hydrogens (tertiary/aromatic N) is 3. The summed E-state index contributed by atoms with van der Waals surface area (Å²) in [5.41, 5.74) is 2.99. The van der Waals surface area contributed by atoms with Gasteiger partial charge in [-0.25, -0.2) is 14.1 Å². The summed E-state index contributed by atoms with van der Waals surface area (Å²) in [5.74, 6) is 0.527. The van der Waals surface area contributed by atoms with Crippen LogP contribution in [0.15, 0.2) is 47.5 Å². The summed E-state index contributed by atoms with van der Waals surface area (Å²) in [7, 11) is 0.